The van der Waals surface area contributed by atoms with Gasteiger partial charge in [0.15, 0.2) is 0 Å². The van der Waals surface area contributed by atoms with E-state index in [1.54, 1.807) is 18.3 Å². The monoisotopic (exact) mass is 315 g/mol. The summed E-state index contributed by atoms with van der Waals surface area (Å²) in [5, 5.41) is 19.0. The molecule has 2 aromatic rings. The van der Waals surface area contributed by atoms with E-state index in [0.29, 0.717) is 17.6 Å². The van der Waals surface area contributed by atoms with Crippen LogP contribution in [0.15, 0.2) is 37.2 Å². The molecule has 1 aromatic heterocycles. The summed E-state index contributed by atoms with van der Waals surface area (Å²) in [4.78, 5) is 0. The fourth-order valence-corrected chi connectivity index (χ4v) is 2.47. The zero-order chi connectivity index (χ0) is 15.5. The second kappa shape index (κ2) is 6.23. The molecule has 0 unspecified atom stereocenters. The molecule has 0 spiro atoms. The SMILES string of the molecule is C=CCNc1cc(Nc2cnn(C3CC3)c2)c(C=N)cc1Cl. The van der Waals surface area contributed by atoms with Crippen molar-refractivity contribution in [3.8, 4) is 0 Å². The van der Waals surface area contributed by atoms with Gasteiger partial charge in [0.1, 0.15) is 0 Å². The Kier molecular flexibility index (Phi) is 4.15. The lowest BCUT2D eigenvalue weighted by atomic mass is 10.1. The van der Waals surface area contributed by atoms with Crippen LogP contribution in [-0.2, 0) is 0 Å². The zero-order valence-corrected chi connectivity index (χ0v) is 12.9. The van der Waals surface area contributed by atoms with Crippen LogP contribution in [0.5, 0.6) is 0 Å². The molecule has 0 saturated heterocycles. The zero-order valence-electron chi connectivity index (χ0n) is 12.1. The van der Waals surface area contributed by atoms with Gasteiger partial charge in [0.25, 0.3) is 0 Å². The van der Waals surface area contributed by atoms with E-state index in [4.69, 9.17) is 17.0 Å². The maximum Gasteiger partial charge on any atom is 0.0770 e. The third kappa shape index (κ3) is 3.14. The van der Waals surface area contributed by atoms with Gasteiger partial charge in [-0.25, -0.2) is 0 Å². The van der Waals surface area contributed by atoms with Gasteiger partial charge in [0, 0.05) is 30.2 Å². The lowest BCUT2D eigenvalue weighted by Gasteiger charge is -2.13. The summed E-state index contributed by atoms with van der Waals surface area (Å²) >= 11 is 6.23. The highest BCUT2D eigenvalue weighted by molar-refractivity contribution is 6.33. The third-order valence-electron chi connectivity index (χ3n) is 3.53. The third-order valence-corrected chi connectivity index (χ3v) is 3.85. The molecule has 1 aliphatic carbocycles. The first-order chi connectivity index (χ1) is 10.7. The van der Waals surface area contributed by atoms with Crippen LogP contribution in [0.4, 0.5) is 17.1 Å². The summed E-state index contributed by atoms with van der Waals surface area (Å²) in [5.41, 5.74) is 3.27. The number of nitrogens with one attached hydrogen (secondary N) is 3. The van der Waals surface area contributed by atoms with Gasteiger partial charge < -0.3 is 16.0 Å². The maximum atomic E-state index is 7.56. The Bertz CT molecular complexity index is 703. The number of aromatic nitrogens is 2. The molecule has 6 heteroatoms. The molecule has 3 rings (SSSR count). The van der Waals surface area contributed by atoms with Gasteiger partial charge in [0.05, 0.1) is 28.6 Å². The number of nitrogens with zero attached hydrogens (tertiary/aromatic N) is 2. The fourth-order valence-electron chi connectivity index (χ4n) is 2.23. The second-order valence-corrected chi connectivity index (χ2v) is 5.71. The molecular formula is C16H18ClN5. The van der Waals surface area contributed by atoms with E-state index in [9.17, 15) is 0 Å². The van der Waals surface area contributed by atoms with Crippen molar-refractivity contribution in [2.45, 2.75) is 18.9 Å². The molecule has 1 saturated carbocycles. The van der Waals surface area contributed by atoms with Crippen molar-refractivity contribution in [1.29, 1.82) is 5.41 Å². The van der Waals surface area contributed by atoms with Crippen LogP contribution in [0, 0.1) is 5.41 Å². The Morgan fingerprint density at radius 1 is 1.41 bits per heavy atom. The quantitative estimate of drug-likeness (QED) is 0.529. The topological polar surface area (TPSA) is 65.7 Å². The molecule has 1 fully saturated rings. The van der Waals surface area contributed by atoms with Crippen molar-refractivity contribution in [2.75, 3.05) is 17.2 Å². The summed E-state index contributed by atoms with van der Waals surface area (Å²) in [6.07, 6.45) is 9.26. The first-order valence-electron chi connectivity index (χ1n) is 7.21. The molecule has 0 radical (unpaired) electrons. The molecule has 1 aromatic carbocycles. The van der Waals surface area contributed by atoms with Gasteiger partial charge in [-0.2, -0.15) is 5.10 Å². The summed E-state index contributed by atoms with van der Waals surface area (Å²) in [6, 6.07) is 4.22. The normalized spacial score (nSPS) is 13.7. The van der Waals surface area contributed by atoms with Gasteiger partial charge in [-0.05, 0) is 25.0 Å². The van der Waals surface area contributed by atoms with Gasteiger partial charge in [-0.3, -0.25) is 4.68 Å². The van der Waals surface area contributed by atoms with E-state index in [1.807, 2.05) is 16.9 Å². The second-order valence-electron chi connectivity index (χ2n) is 5.30. The molecule has 0 aliphatic heterocycles. The van der Waals surface area contributed by atoms with E-state index in [-0.39, 0.29) is 0 Å². The van der Waals surface area contributed by atoms with Crippen molar-refractivity contribution in [2.24, 2.45) is 0 Å². The van der Waals surface area contributed by atoms with Crippen molar-refractivity contribution in [1.82, 2.24) is 9.78 Å². The molecule has 5 nitrogen and oxygen atoms in total. The van der Waals surface area contributed by atoms with Gasteiger partial charge in [-0.1, -0.05) is 17.7 Å². The maximum absolute atomic E-state index is 7.56. The van der Waals surface area contributed by atoms with Crippen molar-refractivity contribution in [3.05, 3.63) is 47.8 Å². The van der Waals surface area contributed by atoms with E-state index in [2.05, 4.69) is 22.3 Å². The summed E-state index contributed by atoms with van der Waals surface area (Å²) in [5.74, 6) is 0. The van der Waals surface area contributed by atoms with Gasteiger partial charge in [-0.15, -0.1) is 6.58 Å². The van der Waals surface area contributed by atoms with E-state index in [0.717, 1.165) is 22.6 Å². The molecule has 1 aliphatic rings. The lowest BCUT2D eigenvalue weighted by Crippen LogP contribution is -2.02. The van der Waals surface area contributed by atoms with Crippen molar-refractivity contribution in [3.63, 3.8) is 0 Å². The summed E-state index contributed by atoms with van der Waals surface area (Å²) < 4.78 is 1.99. The number of benzene rings is 1. The number of hydrogen-bond acceptors (Lipinski definition) is 4. The minimum absolute atomic E-state index is 0.549. The van der Waals surface area contributed by atoms with Crippen molar-refractivity contribution < 1.29 is 0 Å². The molecule has 0 atom stereocenters. The lowest BCUT2D eigenvalue weighted by molar-refractivity contribution is 0.642. The first-order valence-corrected chi connectivity index (χ1v) is 7.59. The highest BCUT2D eigenvalue weighted by Gasteiger charge is 2.24. The first kappa shape index (κ1) is 14.7. The van der Waals surface area contributed by atoms with Crippen molar-refractivity contribution >= 4 is 34.9 Å². The minimum Gasteiger partial charge on any atom is -0.380 e. The van der Waals surface area contributed by atoms with Crippen LogP contribution in [0.1, 0.15) is 24.4 Å². The smallest absolute Gasteiger partial charge is 0.0770 e. The number of anilines is 3. The van der Waals surface area contributed by atoms with Crippen LogP contribution in [-0.4, -0.2) is 22.5 Å². The molecule has 0 amide bonds. The van der Waals surface area contributed by atoms with E-state index < -0.39 is 0 Å². The average Bonchev–Trinajstić information content (AvgIpc) is 3.27. The summed E-state index contributed by atoms with van der Waals surface area (Å²) in [7, 11) is 0. The van der Waals surface area contributed by atoms with Gasteiger partial charge in [0.2, 0.25) is 0 Å². The molecule has 1 heterocycles. The number of hydrogen-bond donors (Lipinski definition) is 3. The number of rotatable bonds is 7. The van der Waals surface area contributed by atoms with Crippen LogP contribution >= 0.6 is 11.6 Å². The number of halogens is 1. The predicted molar refractivity (Wildman–Crippen MR) is 91.8 cm³/mol. The molecule has 114 valence electrons. The largest absolute Gasteiger partial charge is 0.380 e. The highest BCUT2D eigenvalue weighted by Crippen LogP contribution is 2.35. The standard InChI is InChI=1S/C16H18ClN5/c1-2-5-19-16-7-15(11(8-18)6-14(16)17)21-12-9-20-22(10-12)13-3-4-13/h2,6-10,13,18-19,21H,1,3-5H2. The Morgan fingerprint density at radius 2 is 2.23 bits per heavy atom. The molecule has 0 bridgehead atoms. The molecule has 22 heavy (non-hydrogen) atoms. The highest BCUT2D eigenvalue weighted by atomic mass is 35.5. The minimum atomic E-state index is 0.549. The Labute approximate surface area is 134 Å². The van der Waals surface area contributed by atoms with Gasteiger partial charge >= 0.3 is 0 Å². The molecule has 3 N–H and O–H groups in total. The average molecular weight is 316 g/mol. The van der Waals surface area contributed by atoms with Crippen LogP contribution in [0.25, 0.3) is 0 Å². The Balaban J connectivity index is 1.85. The van der Waals surface area contributed by atoms with Crippen LogP contribution in [0.3, 0.4) is 0 Å². The van der Waals surface area contributed by atoms with Crippen LogP contribution < -0.4 is 10.6 Å². The Morgan fingerprint density at radius 3 is 2.91 bits per heavy atom. The predicted octanol–water partition coefficient (Wildman–Crippen LogP) is 4.21. The summed E-state index contributed by atoms with van der Waals surface area (Å²) in [6.45, 7) is 4.31. The Hall–Kier alpha value is -2.27. The van der Waals surface area contributed by atoms with E-state index >= 15 is 0 Å². The van der Waals surface area contributed by atoms with E-state index in [1.165, 1.54) is 19.1 Å². The molecular weight excluding hydrogens is 298 g/mol. The van der Waals surface area contributed by atoms with Crippen LogP contribution in [0.2, 0.25) is 5.02 Å². The fraction of sp³-hybridized carbons (Fsp3) is 0.250.